The fraction of sp³-hybridized carbons (Fsp3) is 0.300. The lowest BCUT2D eigenvalue weighted by Crippen LogP contribution is -2.33. The number of carbonyl (C=O) groups excluding carboxylic acids is 1. The van der Waals surface area contributed by atoms with Crippen molar-refractivity contribution in [3.05, 3.63) is 71.2 Å². The van der Waals surface area contributed by atoms with Gasteiger partial charge in [0, 0.05) is 31.3 Å². The SMILES string of the molecule is O=C(Cc1ccc([C@H]2CNCCO2)c(F)c1)c1cnn(-c2cnc(C(F)(F)F)cn2)c1. The lowest BCUT2D eigenvalue weighted by Gasteiger charge is -2.24. The number of rotatable bonds is 5. The second kappa shape index (κ2) is 8.52. The lowest BCUT2D eigenvalue weighted by molar-refractivity contribution is -0.141. The van der Waals surface area contributed by atoms with Crippen molar-refractivity contribution in [1.82, 2.24) is 25.1 Å². The number of hydrogen-bond acceptors (Lipinski definition) is 6. The molecule has 4 rings (SSSR count). The fourth-order valence-corrected chi connectivity index (χ4v) is 3.17. The molecule has 0 aliphatic carbocycles. The van der Waals surface area contributed by atoms with E-state index in [9.17, 15) is 22.4 Å². The van der Waals surface area contributed by atoms with Gasteiger partial charge < -0.3 is 10.1 Å². The molecular weight excluding hydrogens is 418 g/mol. The second-order valence-corrected chi connectivity index (χ2v) is 6.95. The van der Waals surface area contributed by atoms with Crippen LogP contribution in [0.15, 0.2) is 43.0 Å². The Balaban J connectivity index is 1.45. The number of hydrogen-bond donors (Lipinski definition) is 1. The first-order chi connectivity index (χ1) is 14.8. The predicted octanol–water partition coefficient (Wildman–Crippen LogP) is 2.91. The molecule has 1 N–H and O–H groups in total. The van der Waals surface area contributed by atoms with Gasteiger partial charge in [-0.05, 0) is 11.6 Å². The van der Waals surface area contributed by atoms with Gasteiger partial charge in [0.05, 0.1) is 36.9 Å². The minimum absolute atomic E-state index is 0.0311. The topological polar surface area (TPSA) is 81.9 Å². The number of nitrogens with one attached hydrogen (secondary N) is 1. The number of nitrogens with zero attached hydrogens (tertiary/aromatic N) is 4. The van der Waals surface area contributed by atoms with E-state index in [1.807, 2.05) is 0 Å². The summed E-state index contributed by atoms with van der Waals surface area (Å²) in [5.74, 6) is -0.743. The number of benzene rings is 1. The van der Waals surface area contributed by atoms with E-state index < -0.39 is 17.7 Å². The minimum atomic E-state index is -4.60. The number of ether oxygens (including phenoxy) is 1. The third kappa shape index (κ3) is 4.78. The summed E-state index contributed by atoms with van der Waals surface area (Å²) < 4.78 is 59.0. The van der Waals surface area contributed by atoms with Crippen LogP contribution in [-0.4, -0.2) is 45.2 Å². The zero-order valence-corrected chi connectivity index (χ0v) is 16.1. The van der Waals surface area contributed by atoms with E-state index >= 15 is 0 Å². The molecule has 7 nitrogen and oxygen atoms in total. The molecule has 1 aromatic carbocycles. The lowest BCUT2D eigenvalue weighted by atomic mass is 10.0. The van der Waals surface area contributed by atoms with E-state index in [0.717, 1.165) is 17.4 Å². The zero-order chi connectivity index (χ0) is 22.0. The molecule has 162 valence electrons. The molecule has 1 atom stereocenters. The summed E-state index contributed by atoms with van der Waals surface area (Å²) in [6.45, 7) is 1.73. The van der Waals surface area contributed by atoms with E-state index in [-0.39, 0.29) is 29.7 Å². The highest BCUT2D eigenvalue weighted by atomic mass is 19.4. The Morgan fingerprint density at radius 1 is 1.23 bits per heavy atom. The molecule has 31 heavy (non-hydrogen) atoms. The van der Waals surface area contributed by atoms with E-state index in [1.165, 1.54) is 18.5 Å². The minimum Gasteiger partial charge on any atom is -0.371 e. The Kier molecular flexibility index (Phi) is 5.79. The molecule has 2 aromatic heterocycles. The number of aromatic nitrogens is 4. The van der Waals surface area contributed by atoms with Crippen molar-refractivity contribution < 1.29 is 27.1 Å². The highest BCUT2D eigenvalue weighted by Gasteiger charge is 2.32. The molecule has 3 heterocycles. The zero-order valence-electron chi connectivity index (χ0n) is 16.1. The van der Waals surface area contributed by atoms with Crippen LogP contribution in [0.2, 0.25) is 0 Å². The van der Waals surface area contributed by atoms with Crippen LogP contribution < -0.4 is 5.32 Å². The summed E-state index contributed by atoms with van der Waals surface area (Å²) in [4.78, 5) is 19.5. The average Bonchev–Trinajstić information content (AvgIpc) is 3.24. The molecule has 1 aliphatic heterocycles. The summed E-state index contributed by atoms with van der Waals surface area (Å²) in [6, 6.07) is 4.58. The number of ketones is 1. The number of Topliss-reactive ketones (excluding diaryl/α,β-unsaturated/α-hetero) is 1. The fourth-order valence-electron chi connectivity index (χ4n) is 3.17. The van der Waals surface area contributed by atoms with Gasteiger partial charge in [-0.25, -0.2) is 19.0 Å². The van der Waals surface area contributed by atoms with Gasteiger partial charge in [-0.15, -0.1) is 0 Å². The normalized spacial score (nSPS) is 17.0. The molecule has 0 amide bonds. The van der Waals surface area contributed by atoms with Crippen LogP contribution in [0.1, 0.15) is 33.3 Å². The van der Waals surface area contributed by atoms with Crippen molar-refractivity contribution in [3.63, 3.8) is 0 Å². The maximum absolute atomic E-state index is 14.5. The number of halogens is 4. The van der Waals surface area contributed by atoms with Gasteiger partial charge in [0.25, 0.3) is 0 Å². The second-order valence-electron chi connectivity index (χ2n) is 6.95. The first-order valence-electron chi connectivity index (χ1n) is 9.39. The van der Waals surface area contributed by atoms with Gasteiger partial charge in [0.1, 0.15) is 5.82 Å². The smallest absolute Gasteiger partial charge is 0.371 e. The van der Waals surface area contributed by atoms with Crippen molar-refractivity contribution >= 4 is 5.78 Å². The molecule has 0 saturated carbocycles. The van der Waals surface area contributed by atoms with Crippen LogP contribution >= 0.6 is 0 Å². The first-order valence-corrected chi connectivity index (χ1v) is 9.39. The Hall–Kier alpha value is -3.18. The quantitative estimate of drug-likeness (QED) is 0.490. The molecule has 1 aliphatic rings. The average molecular weight is 435 g/mol. The van der Waals surface area contributed by atoms with Crippen LogP contribution in [0.5, 0.6) is 0 Å². The van der Waals surface area contributed by atoms with Crippen molar-refractivity contribution in [2.24, 2.45) is 0 Å². The Morgan fingerprint density at radius 3 is 2.71 bits per heavy atom. The standard InChI is InChI=1S/C20H17F4N5O2/c21-15-5-12(1-2-14(15)17-8-25-3-4-31-17)6-16(30)13-7-28-29(11-13)19-10-26-18(9-27-19)20(22,23)24/h1-2,5,7,9-11,17,25H,3-4,6,8H2/t17-/m1/s1. The van der Waals surface area contributed by atoms with Gasteiger partial charge >= 0.3 is 6.18 Å². The Labute approximate surface area is 174 Å². The van der Waals surface area contributed by atoms with Crippen LogP contribution in [0.25, 0.3) is 5.82 Å². The summed E-state index contributed by atoms with van der Waals surface area (Å²) in [5, 5.41) is 7.08. The molecule has 0 unspecified atom stereocenters. The van der Waals surface area contributed by atoms with Gasteiger partial charge in [-0.1, -0.05) is 12.1 Å². The number of alkyl halides is 3. The van der Waals surface area contributed by atoms with Gasteiger partial charge in [-0.2, -0.15) is 18.3 Å². The molecule has 0 spiro atoms. The summed E-state index contributed by atoms with van der Waals surface area (Å²) in [7, 11) is 0. The van der Waals surface area contributed by atoms with Crippen LogP contribution in [0, 0.1) is 5.82 Å². The van der Waals surface area contributed by atoms with Crippen molar-refractivity contribution in [2.75, 3.05) is 19.7 Å². The van der Waals surface area contributed by atoms with Gasteiger partial charge in [0.15, 0.2) is 17.3 Å². The highest BCUT2D eigenvalue weighted by molar-refractivity contribution is 5.97. The van der Waals surface area contributed by atoms with E-state index in [2.05, 4.69) is 20.4 Å². The Morgan fingerprint density at radius 2 is 2.06 bits per heavy atom. The molecule has 0 radical (unpaired) electrons. The molecule has 1 saturated heterocycles. The highest BCUT2D eigenvalue weighted by Crippen LogP contribution is 2.27. The molecular formula is C20H17F4N5O2. The third-order valence-corrected chi connectivity index (χ3v) is 4.77. The first kappa shape index (κ1) is 21.1. The van der Waals surface area contributed by atoms with E-state index in [4.69, 9.17) is 4.74 Å². The number of carbonyl (C=O) groups is 1. The summed E-state index contributed by atoms with van der Waals surface area (Å²) >= 11 is 0. The monoisotopic (exact) mass is 435 g/mol. The van der Waals surface area contributed by atoms with Gasteiger partial charge in [-0.3, -0.25) is 4.79 Å². The molecule has 3 aromatic rings. The molecule has 0 bridgehead atoms. The van der Waals surface area contributed by atoms with Crippen LogP contribution in [0.4, 0.5) is 17.6 Å². The Bertz CT molecular complexity index is 1080. The molecule has 1 fully saturated rings. The van der Waals surface area contributed by atoms with Crippen LogP contribution in [0.3, 0.4) is 0 Å². The van der Waals surface area contributed by atoms with Crippen molar-refractivity contribution in [1.29, 1.82) is 0 Å². The van der Waals surface area contributed by atoms with E-state index in [1.54, 1.807) is 12.1 Å². The third-order valence-electron chi connectivity index (χ3n) is 4.77. The van der Waals surface area contributed by atoms with Gasteiger partial charge in [0.2, 0.25) is 0 Å². The maximum atomic E-state index is 14.5. The van der Waals surface area contributed by atoms with Crippen molar-refractivity contribution in [3.8, 4) is 5.82 Å². The van der Waals surface area contributed by atoms with E-state index in [0.29, 0.717) is 30.5 Å². The maximum Gasteiger partial charge on any atom is 0.434 e. The van der Waals surface area contributed by atoms with Crippen LogP contribution in [-0.2, 0) is 17.3 Å². The molecule has 11 heteroatoms. The summed E-state index contributed by atoms with van der Waals surface area (Å²) in [5.41, 5.74) is -0.000212. The summed E-state index contributed by atoms with van der Waals surface area (Å²) in [6.07, 6.45) is -0.914. The predicted molar refractivity (Wildman–Crippen MR) is 100 cm³/mol. The van der Waals surface area contributed by atoms with Crippen molar-refractivity contribution in [2.45, 2.75) is 18.7 Å². The number of morpholine rings is 1. The largest absolute Gasteiger partial charge is 0.434 e.